The van der Waals surface area contributed by atoms with Gasteiger partial charge in [-0.05, 0) is 6.42 Å². The highest BCUT2D eigenvalue weighted by Gasteiger charge is 2.36. The van der Waals surface area contributed by atoms with Crippen LogP contribution in [0.25, 0.3) is 0 Å². The highest BCUT2D eigenvalue weighted by atomic mass is 16.5. The normalized spacial score (nSPS) is 22.7. The Labute approximate surface area is 88.3 Å². The topological polar surface area (TPSA) is 66.8 Å². The molecule has 0 radical (unpaired) electrons. The molecular weight excluding hydrogens is 198 g/mol. The van der Waals surface area contributed by atoms with Crippen molar-refractivity contribution in [2.75, 3.05) is 6.54 Å². The average Bonchev–Trinajstić information content (AvgIpc) is 2.59. The van der Waals surface area contributed by atoms with Crippen LogP contribution in [0.4, 0.5) is 0 Å². The van der Waals surface area contributed by atoms with Crippen LogP contribution in [-0.4, -0.2) is 40.8 Å². The Morgan fingerprint density at radius 2 is 2.53 bits per heavy atom. The summed E-state index contributed by atoms with van der Waals surface area (Å²) in [6.45, 7) is 5.45. The van der Waals surface area contributed by atoms with Crippen LogP contribution in [0.5, 0.6) is 0 Å². The average molecular weight is 213 g/mol. The maximum atomic E-state index is 11.6. The molecule has 0 bridgehead atoms. The summed E-state index contributed by atoms with van der Waals surface area (Å²) in [5.74, 6) is -0.944. The first kappa shape index (κ1) is 11.7. The number of carbonyl (C=O) groups is 2. The second-order valence-corrected chi connectivity index (χ2v) is 3.34. The van der Waals surface area contributed by atoms with Crippen LogP contribution in [-0.2, 0) is 14.3 Å². The predicted octanol–water partition coefficient (Wildman–Crippen LogP) is 0.0449. The lowest BCUT2D eigenvalue weighted by molar-refractivity contribution is -0.155. The highest BCUT2D eigenvalue weighted by molar-refractivity contribution is 5.88. The summed E-state index contributed by atoms with van der Waals surface area (Å²) in [6.07, 6.45) is 0.358. The van der Waals surface area contributed by atoms with E-state index in [1.165, 1.54) is 4.90 Å². The minimum absolute atomic E-state index is 0.334. The third kappa shape index (κ3) is 2.56. The van der Waals surface area contributed by atoms with Gasteiger partial charge < -0.3 is 14.7 Å². The monoisotopic (exact) mass is 213 g/mol. The molecule has 0 aromatic carbocycles. The number of carbonyl (C=O) groups excluding carboxylic acids is 2. The summed E-state index contributed by atoms with van der Waals surface area (Å²) >= 11 is 0. The number of hydrogen-bond donors (Lipinski definition) is 1. The van der Waals surface area contributed by atoms with Crippen LogP contribution >= 0.6 is 0 Å². The van der Waals surface area contributed by atoms with E-state index in [0.717, 1.165) is 6.08 Å². The third-order valence-electron chi connectivity index (χ3n) is 2.34. The maximum absolute atomic E-state index is 11.6. The quantitative estimate of drug-likeness (QED) is 0.529. The minimum atomic E-state index is -0.787. The van der Waals surface area contributed by atoms with E-state index < -0.39 is 18.3 Å². The number of likely N-dealkylation sites (tertiary alicyclic amines) is 1. The molecule has 2 atom stereocenters. The number of esters is 1. The second-order valence-electron chi connectivity index (χ2n) is 3.34. The van der Waals surface area contributed by atoms with E-state index in [-0.39, 0.29) is 5.91 Å². The van der Waals surface area contributed by atoms with Crippen molar-refractivity contribution >= 4 is 11.9 Å². The Bertz CT molecular complexity index is 277. The number of rotatable bonds is 4. The lowest BCUT2D eigenvalue weighted by Crippen LogP contribution is -2.39. The van der Waals surface area contributed by atoms with Gasteiger partial charge in [0.05, 0.1) is 0 Å². The molecule has 0 spiro atoms. The van der Waals surface area contributed by atoms with E-state index >= 15 is 0 Å². The second kappa shape index (κ2) is 4.93. The lowest BCUT2D eigenvalue weighted by atomic mass is 10.3. The van der Waals surface area contributed by atoms with Crippen LogP contribution < -0.4 is 0 Å². The van der Waals surface area contributed by atoms with E-state index in [2.05, 4.69) is 6.58 Å². The zero-order valence-corrected chi connectivity index (χ0v) is 8.68. The van der Waals surface area contributed by atoms with Crippen molar-refractivity contribution < 1.29 is 19.4 Å². The summed E-state index contributed by atoms with van der Waals surface area (Å²) in [5, 5.41) is 9.48. The zero-order valence-electron chi connectivity index (χ0n) is 8.68. The van der Waals surface area contributed by atoms with Crippen LogP contribution in [0.2, 0.25) is 0 Å². The molecule has 15 heavy (non-hydrogen) atoms. The molecule has 1 heterocycles. The van der Waals surface area contributed by atoms with Gasteiger partial charge in [0.2, 0.25) is 0 Å². The van der Waals surface area contributed by atoms with E-state index in [1.807, 2.05) is 0 Å². The fourth-order valence-electron chi connectivity index (χ4n) is 1.49. The number of ether oxygens (including phenoxy) is 1. The summed E-state index contributed by atoms with van der Waals surface area (Å²) in [6, 6.07) is 0. The van der Waals surface area contributed by atoms with Gasteiger partial charge in [-0.2, -0.15) is 0 Å². The fraction of sp³-hybridized carbons (Fsp3) is 0.600. The molecule has 1 N–H and O–H groups in total. The predicted molar refractivity (Wildman–Crippen MR) is 52.7 cm³/mol. The van der Waals surface area contributed by atoms with Crippen molar-refractivity contribution in [1.82, 2.24) is 4.90 Å². The van der Waals surface area contributed by atoms with Gasteiger partial charge in [0.1, 0.15) is 6.23 Å². The molecule has 1 fully saturated rings. The molecule has 1 amide bonds. The summed E-state index contributed by atoms with van der Waals surface area (Å²) in [7, 11) is 0. The SMILES string of the molecule is C=CC(=O)OC1CCN(C(O)CC)C1=O. The van der Waals surface area contributed by atoms with Crippen LogP contribution in [0.3, 0.4) is 0 Å². The molecule has 1 aliphatic heterocycles. The molecule has 2 unspecified atom stereocenters. The molecule has 1 rings (SSSR count). The highest BCUT2D eigenvalue weighted by Crippen LogP contribution is 2.17. The van der Waals surface area contributed by atoms with Crippen molar-refractivity contribution in [1.29, 1.82) is 0 Å². The number of amides is 1. The van der Waals surface area contributed by atoms with Gasteiger partial charge >= 0.3 is 5.97 Å². The molecule has 0 aromatic rings. The first-order chi connectivity index (χ1) is 7.10. The smallest absolute Gasteiger partial charge is 0.330 e. The number of hydrogen-bond acceptors (Lipinski definition) is 4. The van der Waals surface area contributed by atoms with Crippen molar-refractivity contribution in [3.63, 3.8) is 0 Å². The van der Waals surface area contributed by atoms with Gasteiger partial charge in [-0.25, -0.2) is 4.79 Å². The summed E-state index contributed by atoms with van der Waals surface area (Å²) in [4.78, 5) is 23.8. The summed E-state index contributed by atoms with van der Waals surface area (Å²) < 4.78 is 4.84. The van der Waals surface area contributed by atoms with Crippen molar-refractivity contribution in [3.8, 4) is 0 Å². The first-order valence-corrected chi connectivity index (χ1v) is 4.91. The molecule has 5 heteroatoms. The molecular formula is C10H15NO4. The Morgan fingerprint density at radius 3 is 3.07 bits per heavy atom. The Morgan fingerprint density at radius 1 is 1.87 bits per heavy atom. The molecule has 0 aliphatic carbocycles. The van der Waals surface area contributed by atoms with Gasteiger partial charge in [-0.15, -0.1) is 0 Å². The van der Waals surface area contributed by atoms with Gasteiger partial charge in [-0.3, -0.25) is 4.79 Å². The van der Waals surface area contributed by atoms with Crippen molar-refractivity contribution in [2.45, 2.75) is 32.1 Å². The largest absolute Gasteiger partial charge is 0.449 e. The first-order valence-electron chi connectivity index (χ1n) is 4.91. The van der Waals surface area contributed by atoms with Crippen molar-refractivity contribution in [2.24, 2.45) is 0 Å². The van der Waals surface area contributed by atoms with Gasteiger partial charge in [0.15, 0.2) is 6.10 Å². The molecule has 84 valence electrons. The van der Waals surface area contributed by atoms with Crippen LogP contribution in [0.15, 0.2) is 12.7 Å². The number of aliphatic hydroxyl groups is 1. The van der Waals surface area contributed by atoms with E-state index in [1.54, 1.807) is 6.92 Å². The van der Waals surface area contributed by atoms with Crippen LogP contribution in [0, 0.1) is 0 Å². The molecule has 1 aliphatic rings. The Hall–Kier alpha value is -1.36. The third-order valence-corrected chi connectivity index (χ3v) is 2.34. The molecule has 5 nitrogen and oxygen atoms in total. The fourth-order valence-corrected chi connectivity index (χ4v) is 1.49. The Balaban J connectivity index is 2.56. The minimum Gasteiger partial charge on any atom is -0.449 e. The standard InChI is InChI=1S/C10H15NO4/c1-3-8(12)11-6-5-7(10(11)14)15-9(13)4-2/h4,7-8,12H,2-3,5-6H2,1H3. The van der Waals surface area contributed by atoms with Gasteiger partial charge in [-0.1, -0.05) is 13.5 Å². The number of nitrogens with zero attached hydrogens (tertiary/aromatic N) is 1. The van der Waals surface area contributed by atoms with Gasteiger partial charge in [0.25, 0.3) is 5.91 Å². The molecule has 1 saturated heterocycles. The zero-order chi connectivity index (χ0) is 11.4. The molecule has 0 saturated carbocycles. The summed E-state index contributed by atoms with van der Waals surface area (Å²) in [5.41, 5.74) is 0. The van der Waals surface area contributed by atoms with E-state index in [0.29, 0.717) is 19.4 Å². The number of aliphatic hydroxyl groups excluding tert-OH is 1. The Kier molecular flexibility index (Phi) is 3.85. The van der Waals surface area contributed by atoms with Crippen molar-refractivity contribution in [3.05, 3.63) is 12.7 Å². The maximum Gasteiger partial charge on any atom is 0.330 e. The van der Waals surface area contributed by atoms with E-state index in [9.17, 15) is 14.7 Å². The van der Waals surface area contributed by atoms with E-state index in [4.69, 9.17) is 4.74 Å². The van der Waals surface area contributed by atoms with Crippen LogP contribution in [0.1, 0.15) is 19.8 Å². The van der Waals surface area contributed by atoms with Gasteiger partial charge in [0, 0.05) is 19.0 Å². The molecule has 0 aromatic heterocycles. The lowest BCUT2D eigenvalue weighted by Gasteiger charge is -2.21.